The van der Waals surface area contributed by atoms with E-state index in [9.17, 15) is 9.59 Å². The minimum absolute atomic E-state index is 0.0217. The van der Waals surface area contributed by atoms with Gasteiger partial charge in [-0.05, 0) is 24.3 Å². The lowest BCUT2D eigenvalue weighted by atomic mass is 9.96. The SMILES string of the molecule is CCC(C)[C@H](C)NC(=O)[C@@H](NC(=O)OCc1ccccc1)C(C)CC. The lowest BCUT2D eigenvalue weighted by Crippen LogP contribution is -2.53. The first-order valence-electron chi connectivity index (χ1n) is 9.16. The molecule has 140 valence electrons. The lowest BCUT2D eigenvalue weighted by Gasteiger charge is -2.27. The summed E-state index contributed by atoms with van der Waals surface area (Å²) in [6, 6.07) is 8.93. The van der Waals surface area contributed by atoms with Crippen molar-refractivity contribution in [1.29, 1.82) is 0 Å². The minimum atomic E-state index is -0.597. The predicted octanol–water partition coefficient (Wildman–Crippen LogP) is 3.88. The Morgan fingerprint density at radius 1 is 0.960 bits per heavy atom. The predicted molar refractivity (Wildman–Crippen MR) is 100 cm³/mol. The van der Waals surface area contributed by atoms with Crippen LogP contribution in [0.2, 0.25) is 0 Å². The summed E-state index contributed by atoms with van der Waals surface area (Å²) >= 11 is 0. The standard InChI is InChI=1S/C20H32N2O3/c1-6-14(3)16(5)21-19(23)18(15(4)7-2)22-20(24)25-13-17-11-9-8-10-12-17/h8-12,14-16,18H,6-7,13H2,1-5H3,(H,21,23)(H,22,24)/t14?,15?,16-,18-/m0/s1. The molecular weight excluding hydrogens is 316 g/mol. The topological polar surface area (TPSA) is 67.4 Å². The number of carbonyl (C=O) groups excluding carboxylic acids is 2. The maximum Gasteiger partial charge on any atom is 0.408 e. The van der Waals surface area contributed by atoms with Gasteiger partial charge in [0.15, 0.2) is 0 Å². The van der Waals surface area contributed by atoms with Crippen LogP contribution >= 0.6 is 0 Å². The van der Waals surface area contributed by atoms with Crippen LogP contribution in [-0.4, -0.2) is 24.1 Å². The second-order valence-electron chi connectivity index (χ2n) is 6.75. The van der Waals surface area contributed by atoms with Gasteiger partial charge in [-0.3, -0.25) is 4.79 Å². The molecule has 0 aliphatic heterocycles. The van der Waals surface area contributed by atoms with Gasteiger partial charge < -0.3 is 15.4 Å². The molecule has 1 rings (SSSR count). The number of benzene rings is 1. The summed E-state index contributed by atoms with van der Waals surface area (Å²) in [5.41, 5.74) is 0.910. The quantitative estimate of drug-likeness (QED) is 0.712. The highest BCUT2D eigenvalue weighted by Gasteiger charge is 2.28. The summed E-state index contributed by atoms with van der Waals surface area (Å²) < 4.78 is 5.25. The van der Waals surface area contributed by atoms with Crippen LogP contribution in [0.5, 0.6) is 0 Å². The second kappa shape index (κ2) is 10.7. The molecule has 0 saturated heterocycles. The van der Waals surface area contributed by atoms with Gasteiger partial charge in [-0.15, -0.1) is 0 Å². The summed E-state index contributed by atoms with van der Waals surface area (Å²) in [7, 11) is 0. The van der Waals surface area contributed by atoms with Crippen LogP contribution in [0.4, 0.5) is 4.79 Å². The fraction of sp³-hybridized carbons (Fsp3) is 0.600. The second-order valence-corrected chi connectivity index (χ2v) is 6.75. The molecule has 1 aromatic carbocycles. The van der Waals surface area contributed by atoms with E-state index in [1.165, 1.54) is 0 Å². The Morgan fingerprint density at radius 2 is 1.56 bits per heavy atom. The number of carbonyl (C=O) groups is 2. The average Bonchev–Trinajstić information content (AvgIpc) is 2.63. The molecule has 25 heavy (non-hydrogen) atoms. The largest absolute Gasteiger partial charge is 0.445 e. The third kappa shape index (κ3) is 7.16. The number of hydrogen-bond acceptors (Lipinski definition) is 3. The Hall–Kier alpha value is -2.04. The monoisotopic (exact) mass is 348 g/mol. The van der Waals surface area contributed by atoms with E-state index in [-0.39, 0.29) is 24.5 Å². The van der Waals surface area contributed by atoms with Crippen molar-refractivity contribution in [3.8, 4) is 0 Å². The fourth-order valence-corrected chi connectivity index (χ4v) is 2.40. The highest BCUT2D eigenvalue weighted by Crippen LogP contribution is 2.12. The van der Waals surface area contributed by atoms with Crippen LogP contribution in [-0.2, 0) is 16.1 Å². The first-order chi connectivity index (χ1) is 11.9. The molecule has 4 atom stereocenters. The molecule has 5 heteroatoms. The third-order valence-electron chi connectivity index (χ3n) is 4.85. The van der Waals surface area contributed by atoms with E-state index in [4.69, 9.17) is 4.74 Å². The van der Waals surface area contributed by atoms with Crippen molar-refractivity contribution < 1.29 is 14.3 Å². The van der Waals surface area contributed by atoms with Gasteiger partial charge in [0.2, 0.25) is 5.91 Å². The van der Waals surface area contributed by atoms with E-state index in [0.29, 0.717) is 5.92 Å². The molecule has 0 aliphatic carbocycles. The molecular formula is C20H32N2O3. The third-order valence-corrected chi connectivity index (χ3v) is 4.85. The van der Waals surface area contributed by atoms with E-state index >= 15 is 0 Å². The smallest absolute Gasteiger partial charge is 0.408 e. The van der Waals surface area contributed by atoms with Gasteiger partial charge in [0.05, 0.1) is 0 Å². The first-order valence-corrected chi connectivity index (χ1v) is 9.16. The first kappa shape index (κ1) is 21.0. The maximum absolute atomic E-state index is 12.6. The Morgan fingerprint density at radius 3 is 2.12 bits per heavy atom. The Labute approximate surface area is 151 Å². The molecule has 0 aliphatic rings. The van der Waals surface area contributed by atoms with Crippen LogP contribution in [0.3, 0.4) is 0 Å². The molecule has 0 saturated carbocycles. The zero-order valence-corrected chi connectivity index (χ0v) is 16.0. The van der Waals surface area contributed by atoms with E-state index < -0.39 is 12.1 Å². The molecule has 1 aromatic rings. The number of nitrogens with one attached hydrogen (secondary N) is 2. The van der Waals surface area contributed by atoms with Crippen LogP contribution < -0.4 is 10.6 Å². The van der Waals surface area contributed by atoms with Gasteiger partial charge in [0.25, 0.3) is 0 Å². The summed E-state index contributed by atoms with van der Waals surface area (Å²) in [5.74, 6) is 0.249. The van der Waals surface area contributed by atoms with Crippen molar-refractivity contribution >= 4 is 12.0 Å². The Balaban J connectivity index is 2.62. The molecule has 0 spiro atoms. The molecule has 0 bridgehead atoms. The molecule has 2 N–H and O–H groups in total. The summed E-state index contributed by atoms with van der Waals surface area (Å²) in [6.07, 6.45) is 1.21. The summed E-state index contributed by atoms with van der Waals surface area (Å²) in [4.78, 5) is 24.7. The van der Waals surface area contributed by atoms with Crippen LogP contribution in [0.1, 0.15) is 53.0 Å². The average molecular weight is 348 g/mol. The highest BCUT2D eigenvalue weighted by molar-refractivity contribution is 5.86. The molecule has 0 fully saturated rings. The highest BCUT2D eigenvalue weighted by atomic mass is 16.5. The zero-order chi connectivity index (χ0) is 18.8. The number of ether oxygens (including phenoxy) is 1. The van der Waals surface area contributed by atoms with Crippen LogP contribution in [0.15, 0.2) is 30.3 Å². The molecule has 0 aromatic heterocycles. The van der Waals surface area contributed by atoms with E-state index in [0.717, 1.165) is 18.4 Å². The minimum Gasteiger partial charge on any atom is -0.445 e. The Kier molecular flexibility index (Phi) is 9.03. The fourth-order valence-electron chi connectivity index (χ4n) is 2.40. The molecule has 2 unspecified atom stereocenters. The lowest BCUT2D eigenvalue weighted by molar-refractivity contribution is -0.125. The van der Waals surface area contributed by atoms with Gasteiger partial charge in [-0.2, -0.15) is 0 Å². The van der Waals surface area contributed by atoms with Crippen molar-refractivity contribution in [3.63, 3.8) is 0 Å². The summed E-state index contributed by atoms with van der Waals surface area (Å²) in [5, 5.41) is 5.74. The van der Waals surface area contributed by atoms with Gasteiger partial charge in [0.1, 0.15) is 12.6 Å². The zero-order valence-electron chi connectivity index (χ0n) is 16.0. The molecule has 2 amide bonds. The van der Waals surface area contributed by atoms with Gasteiger partial charge in [-0.1, -0.05) is 70.9 Å². The molecule has 5 nitrogen and oxygen atoms in total. The number of hydrogen-bond donors (Lipinski definition) is 2. The van der Waals surface area contributed by atoms with E-state index in [2.05, 4.69) is 24.5 Å². The number of rotatable bonds is 9. The van der Waals surface area contributed by atoms with Crippen molar-refractivity contribution in [1.82, 2.24) is 10.6 Å². The van der Waals surface area contributed by atoms with Crippen LogP contribution in [0.25, 0.3) is 0 Å². The van der Waals surface area contributed by atoms with Crippen molar-refractivity contribution in [2.75, 3.05) is 0 Å². The number of amides is 2. The van der Waals surface area contributed by atoms with Gasteiger partial charge in [0, 0.05) is 6.04 Å². The summed E-state index contributed by atoms with van der Waals surface area (Å²) in [6.45, 7) is 10.3. The van der Waals surface area contributed by atoms with E-state index in [1.54, 1.807) is 0 Å². The van der Waals surface area contributed by atoms with Gasteiger partial charge in [-0.25, -0.2) is 4.79 Å². The van der Waals surface area contributed by atoms with Gasteiger partial charge >= 0.3 is 6.09 Å². The maximum atomic E-state index is 12.6. The van der Waals surface area contributed by atoms with E-state index in [1.807, 2.05) is 51.1 Å². The van der Waals surface area contributed by atoms with Crippen LogP contribution in [0, 0.1) is 11.8 Å². The normalized spacial score (nSPS) is 15.6. The van der Waals surface area contributed by atoms with Crippen molar-refractivity contribution in [3.05, 3.63) is 35.9 Å². The molecule has 0 radical (unpaired) electrons. The van der Waals surface area contributed by atoms with Crippen molar-refractivity contribution in [2.45, 2.75) is 66.2 Å². The molecule has 0 heterocycles. The Bertz CT molecular complexity index is 533. The van der Waals surface area contributed by atoms with Crippen molar-refractivity contribution in [2.24, 2.45) is 11.8 Å². The number of alkyl carbamates (subject to hydrolysis) is 1.